The highest BCUT2D eigenvalue weighted by Gasteiger charge is 2.37. The van der Waals surface area contributed by atoms with Crippen LogP contribution in [0.2, 0.25) is 5.02 Å². The molecule has 2 aromatic rings. The minimum Gasteiger partial charge on any atom is -0.493 e. The zero-order valence-corrected chi connectivity index (χ0v) is 13.5. The summed E-state index contributed by atoms with van der Waals surface area (Å²) in [6.45, 7) is 0. The Labute approximate surface area is 139 Å². The van der Waals surface area contributed by atoms with Gasteiger partial charge in [0.25, 0.3) is 0 Å². The molecule has 0 N–H and O–H groups in total. The van der Waals surface area contributed by atoms with Gasteiger partial charge >= 0.3 is 0 Å². The van der Waals surface area contributed by atoms with Crippen LogP contribution in [0.25, 0.3) is 0 Å². The second-order valence-corrected chi connectivity index (χ2v) is 5.79. The summed E-state index contributed by atoms with van der Waals surface area (Å²) in [6, 6.07) is 9.98. The number of halogens is 1. The van der Waals surface area contributed by atoms with Gasteiger partial charge in [0.2, 0.25) is 0 Å². The molecular weight excluding hydrogens is 316 g/mol. The number of methoxy groups -OCH3 is 2. The molecule has 118 valence electrons. The van der Waals surface area contributed by atoms with Crippen LogP contribution in [0.5, 0.6) is 11.5 Å². The molecule has 1 unspecified atom stereocenters. The molecule has 1 aliphatic rings. The lowest BCUT2D eigenvalue weighted by Gasteiger charge is -2.09. The van der Waals surface area contributed by atoms with Gasteiger partial charge in [0.1, 0.15) is 0 Å². The summed E-state index contributed by atoms with van der Waals surface area (Å²) in [7, 11) is 3.05. The predicted molar refractivity (Wildman–Crippen MR) is 86.9 cm³/mol. The highest BCUT2D eigenvalue weighted by molar-refractivity contribution is 6.30. The van der Waals surface area contributed by atoms with E-state index < -0.39 is 5.92 Å². The molecule has 2 aromatic carbocycles. The Balaban J connectivity index is 1.94. The van der Waals surface area contributed by atoms with E-state index in [1.807, 2.05) is 0 Å². The van der Waals surface area contributed by atoms with Crippen molar-refractivity contribution in [3.05, 3.63) is 58.1 Å². The second-order valence-electron chi connectivity index (χ2n) is 5.36. The molecule has 0 saturated heterocycles. The van der Waals surface area contributed by atoms with Gasteiger partial charge in [-0.25, -0.2) is 0 Å². The van der Waals surface area contributed by atoms with Gasteiger partial charge in [0.05, 0.1) is 20.1 Å². The van der Waals surface area contributed by atoms with Crippen molar-refractivity contribution in [1.82, 2.24) is 0 Å². The highest BCUT2D eigenvalue weighted by Crippen LogP contribution is 2.37. The summed E-state index contributed by atoms with van der Waals surface area (Å²) in [5, 5.41) is 0.553. The van der Waals surface area contributed by atoms with E-state index in [1.54, 1.807) is 36.4 Å². The van der Waals surface area contributed by atoms with Crippen molar-refractivity contribution in [1.29, 1.82) is 0 Å². The summed E-state index contributed by atoms with van der Waals surface area (Å²) in [5.74, 6) is -0.0393. The number of ether oxygens (including phenoxy) is 2. The lowest BCUT2D eigenvalue weighted by Crippen LogP contribution is -2.20. The van der Waals surface area contributed by atoms with Crippen molar-refractivity contribution in [2.75, 3.05) is 14.2 Å². The van der Waals surface area contributed by atoms with Gasteiger partial charge in [0.15, 0.2) is 23.1 Å². The van der Waals surface area contributed by atoms with Crippen LogP contribution >= 0.6 is 11.6 Å². The molecule has 3 rings (SSSR count). The van der Waals surface area contributed by atoms with Gasteiger partial charge in [-0.3, -0.25) is 9.59 Å². The monoisotopic (exact) mass is 330 g/mol. The van der Waals surface area contributed by atoms with Gasteiger partial charge < -0.3 is 9.47 Å². The van der Waals surface area contributed by atoms with Gasteiger partial charge in [-0.2, -0.15) is 0 Å². The number of ketones is 2. The Hall–Kier alpha value is -2.33. The molecule has 0 saturated carbocycles. The Morgan fingerprint density at radius 2 is 1.70 bits per heavy atom. The Morgan fingerprint density at radius 3 is 2.30 bits per heavy atom. The molecule has 0 spiro atoms. The standard InChI is InChI=1S/C18H15ClO4/c1-22-15-8-11-7-14(18(21)13(11)9-16(15)23-2)17(20)10-3-5-12(19)6-4-10/h3-6,8-9,14H,7H2,1-2H3. The summed E-state index contributed by atoms with van der Waals surface area (Å²) in [4.78, 5) is 25.2. The Morgan fingerprint density at radius 1 is 1.09 bits per heavy atom. The van der Waals surface area contributed by atoms with Crippen LogP contribution < -0.4 is 9.47 Å². The van der Waals surface area contributed by atoms with Crippen LogP contribution in [0.3, 0.4) is 0 Å². The van der Waals surface area contributed by atoms with Crippen molar-refractivity contribution in [2.24, 2.45) is 5.92 Å². The quantitative estimate of drug-likeness (QED) is 0.635. The van der Waals surface area contributed by atoms with E-state index in [9.17, 15) is 9.59 Å². The minimum absolute atomic E-state index is 0.180. The van der Waals surface area contributed by atoms with Crippen LogP contribution in [0.4, 0.5) is 0 Å². The fourth-order valence-electron chi connectivity index (χ4n) is 2.85. The van der Waals surface area contributed by atoms with Crippen molar-refractivity contribution < 1.29 is 19.1 Å². The SMILES string of the molecule is COc1cc2c(cc1OC)C(=O)C(C(=O)c1ccc(Cl)cc1)C2. The maximum atomic E-state index is 12.6. The van der Waals surface area contributed by atoms with E-state index in [0.717, 1.165) is 5.56 Å². The van der Waals surface area contributed by atoms with Gasteiger partial charge in [0, 0.05) is 16.1 Å². The van der Waals surface area contributed by atoms with Crippen molar-refractivity contribution in [3.8, 4) is 11.5 Å². The number of carbonyl (C=O) groups excluding carboxylic acids is 2. The molecule has 0 bridgehead atoms. The fraction of sp³-hybridized carbons (Fsp3) is 0.222. The largest absolute Gasteiger partial charge is 0.493 e. The maximum Gasteiger partial charge on any atom is 0.174 e. The lowest BCUT2D eigenvalue weighted by molar-refractivity contribution is 0.0822. The van der Waals surface area contributed by atoms with E-state index in [1.165, 1.54) is 14.2 Å². The molecule has 0 radical (unpaired) electrons. The zero-order chi connectivity index (χ0) is 16.6. The smallest absolute Gasteiger partial charge is 0.174 e. The summed E-state index contributed by atoms with van der Waals surface area (Å²) >= 11 is 5.84. The maximum absolute atomic E-state index is 12.6. The minimum atomic E-state index is -0.706. The van der Waals surface area contributed by atoms with E-state index in [0.29, 0.717) is 34.1 Å². The number of carbonyl (C=O) groups is 2. The van der Waals surface area contributed by atoms with Crippen molar-refractivity contribution in [2.45, 2.75) is 6.42 Å². The second kappa shape index (κ2) is 6.05. The number of hydrogen-bond donors (Lipinski definition) is 0. The highest BCUT2D eigenvalue weighted by atomic mass is 35.5. The summed E-state index contributed by atoms with van der Waals surface area (Å²) in [5.41, 5.74) is 1.81. The third-order valence-corrected chi connectivity index (χ3v) is 4.31. The van der Waals surface area contributed by atoms with Crippen LogP contribution in [0.1, 0.15) is 26.3 Å². The summed E-state index contributed by atoms with van der Waals surface area (Å²) in [6.07, 6.45) is 0.371. The number of rotatable bonds is 4. The molecule has 5 heteroatoms. The average molecular weight is 331 g/mol. The molecule has 0 amide bonds. The van der Waals surface area contributed by atoms with Crippen molar-refractivity contribution in [3.63, 3.8) is 0 Å². The Bertz CT molecular complexity index is 780. The van der Waals surface area contributed by atoms with Gasteiger partial charge in [-0.05, 0) is 48.4 Å². The molecular formula is C18H15ClO4. The van der Waals surface area contributed by atoms with E-state index >= 15 is 0 Å². The molecule has 1 atom stereocenters. The van der Waals surface area contributed by atoms with Crippen LogP contribution in [0, 0.1) is 5.92 Å². The number of fused-ring (bicyclic) bond motifs is 1. The fourth-order valence-corrected chi connectivity index (χ4v) is 2.97. The van der Waals surface area contributed by atoms with E-state index in [2.05, 4.69) is 0 Å². The molecule has 23 heavy (non-hydrogen) atoms. The topological polar surface area (TPSA) is 52.6 Å². The molecule has 0 fully saturated rings. The normalized spacial score (nSPS) is 16.1. The number of benzene rings is 2. The molecule has 0 aromatic heterocycles. The number of Topliss-reactive ketones (excluding diaryl/α,β-unsaturated/α-hetero) is 2. The zero-order valence-electron chi connectivity index (χ0n) is 12.8. The van der Waals surface area contributed by atoms with Gasteiger partial charge in [-0.15, -0.1) is 0 Å². The first kappa shape index (κ1) is 15.6. The first-order valence-corrected chi connectivity index (χ1v) is 7.52. The average Bonchev–Trinajstić information content (AvgIpc) is 2.89. The van der Waals surface area contributed by atoms with Crippen molar-refractivity contribution >= 4 is 23.2 Å². The first-order chi connectivity index (χ1) is 11.0. The van der Waals surface area contributed by atoms with E-state index in [4.69, 9.17) is 21.1 Å². The predicted octanol–water partition coefficient (Wildman–Crippen LogP) is 3.60. The molecule has 0 aliphatic heterocycles. The van der Waals surface area contributed by atoms with Crippen LogP contribution in [-0.2, 0) is 6.42 Å². The number of hydrogen-bond acceptors (Lipinski definition) is 4. The third-order valence-electron chi connectivity index (χ3n) is 4.06. The summed E-state index contributed by atoms with van der Waals surface area (Å²) < 4.78 is 10.5. The molecule has 4 nitrogen and oxygen atoms in total. The molecule has 0 heterocycles. The van der Waals surface area contributed by atoms with Crippen LogP contribution in [0.15, 0.2) is 36.4 Å². The Kier molecular flexibility index (Phi) is 4.09. The molecule has 1 aliphatic carbocycles. The van der Waals surface area contributed by atoms with Gasteiger partial charge in [-0.1, -0.05) is 11.6 Å². The third kappa shape index (κ3) is 2.70. The van der Waals surface area contributed by atoms with E-state index in [-0.39, 0.29) is 11.6 Å². The first-order valence-electron chi connectivity index (χ1n) is 7.14. The van der Waals surface area contributed by atoms with Crippen LogP contribution in [-0.4, -0.2) is 25.8 Å². The lowest BCUT2D eigenvalue weighted by atomic mass is 9.94.